The third-order valence-electron chi connectivity index (χ3n) is 4.71. The van der Waals surface area contributed by atoms with Crippen LogP contribution < -0.4 is 5.32 Å². The smallest absolute Gasteiger partial charge is 0.268 e. The van der Waals surface area contributed by atoms with E-state index in [9.17, 15) is 4.79 Å². The summed E-state index contributed by atoms with van der Waals surface area (Å²) in [6.07, 6.45) is 1.74. The summed E-state index contributed by atoms with van der Waals surface area (Å²) in [6.45, 7) is 4.65. The lowest BCUT2D eigenvalue weighted by Crippen LogP contribution is -2.26. The van der Waals surface area contributed by atoms with Crippen LogP contribution in [0.1, 0.15) is 39.6 Å². The fourth-order valence-electron chi connectivity index (χ4n) is 3.37. The molecule has 1 unspecified atom stereocenters. The Bertz CT molecular complexity index is 1070. The minimum atomic E-state index is -0.0792. The van der Waals surface area contributed by atoms with Gasteiger partial charge in [-0.05, 0) is 43.7 Å². The van der Waals surface area contributed by atoms with Crippen LogP contribution in [-0.4, -0.2) is 15.5 Å². The van der Waals surface area contributed by atoms with E-state index < -0.39 is 0 Å². The normalized spacial score (nSPS) is 12.2. The zero-order chi connectivity index (χ0) is 18.8. The van der Waals surface area contributed by atoms with Crippen LogP contribution in [0.5, 0.6) is 0 Å². The Morgan fingerprint density at radius 1 is 1.15 bits per heavy atom. The van der Waals surface area contributed by atoms with E-state index in [1.807, 2.05) is 42.5 Å². The number of nitrogens with zero attached hydrogens (tertiary/aromatic N) is 2. The van der Waals surface area contributed by atoms with Crippen molar-refractivity contribution in [2.45, 2.75) is 26.4 Å². The molecule has 1 atom stereocenters. The van der Waals surface area contributed by atoms with Crippen LogP contribution in [0.2, 0.25) is 0 Å². The number of fused-ring (bicyclic) bond motifs is 1. The fourth-order valence-corrected chi connectivity index (χ4v) is 4.32. The molecule has 3 heterocycles. The van der Waals surface area contributed by atoms with Crippen LogP contribution >= 0.6 is 11.3 Å². The lowest BCUT2D eigenvalue weighted by atomic mass is 10.1. The molecule has 4 nitrogen and oxygen atoms in total. The highest BCUT2D eigenvalue weighted by Crippen LogP contribution is 2.33. The van der Waals surface area contributed by atoms with Crippen molar-refractivity contribution < 1.29 is 4.79 Å². The number of amides is 1. The molecule has 0 spiro atoms. The second-order valence-electron chi connectivity index (χ2n) is 6.60. The highest BCUT2D eigenvalue weighted by Gasteiger charge is 2.21. The van der Waals surface area contributed by atoms with Crippen LogP contribution in [0.3, 0.4) is 0 Å². The van der Waals surface area contributed by atoms with Gasteiger partial charge in [0.2, 0.25) is 0 Å². The maximum Gasteiger partial charge on any atom is 0.268 e. The molecule has 1 aromatic carbocycles. The van der Waals surface area contributed by atoms with Crippen molar-refractivity contribution in [1.29, 1.82) is 0 Å². The first-order chi connectivity index (χ1) is 13.1. The molecule has 0 aliphatic carbocycles. The highest BCUT2D eigenvalue weighted by molar-refractivity contribution is 7.19. The molecule has 3 aromatic heterocycles. The monoisotopic (exact) mass is 375 g/mol. The second-order valence-corrected chi connectivity index (χ2v) is 7.88. The van der Waals surface area contributed by atoms with E-state index in [1.165, 1.54) is 10.4 Å². The summed E-state index contributed by atoms with van der Waals surface area (Å²) < 4.78 is 3.28. The molecule has 0 saturated carbocycles. The van der Waals surface area contributed by atoms with E-state index in [-0.39, 0.29) is 11.9 Å². The number of rotatable bonds is 5. The standard InChI is InChI=1S/C22H21N3OS/c1-15-12-19-21(27-15)13-20(22(26)24-14-18-10-6-7-11-23-18)25(19)16(2)17-8-4-3-5-9-17/h3-13,16H,14H2,1-2H3,(H,24,26). The number of aromatic nitrogens is 2. The Kier molecular flexibility index (Phi) is 4.77. The van der Waals surface area contributed by atoms with Gasteiger partial charge in [-0.1, -0.05) is 36.4 Å². The first-order valence-electron chi connectivity index (χ1n) is 8.98. The first kappa shape index (κ1) is 17.5. The van der Waals surface area contributed by atoms with Crippen molar-refractivity contribution in [3.05, 3.63) is 88.7 Å². The predicted octanol–water partition coefficient (Wildman–Crippen LogP) is 4.95. The molecule has 0 bridgehead atoms. The number of aryl methyl sites for hydroxylation is 1. The molecule has 0 aliphatic heterocycles. The molecule has 4 rings (SSSR count). The number of hydrogen-bond donors (Lipinski definition) is 1. The van der Waals surface area contributed by atoms with Crippen LogP contribution in [0.4, 0.5) is 0 Å². The molecule has 0 saturated heterocycles. The SMILES string of the molecule is Cc1cc2c(cc(C(=O)NCc3ccccn3)n2C(C)c2ccccc2)s1. The zero-order valence-electron chi connectivity index (χ0n) is 15.3. The van der Waals surface area contributed by atoms with Crippen molar-refractivity contribution in [2.24, 2.45) is 0 Å². The van der Waals surface area contributed by atoms with Gasteiger partial charge in [-0.2, -0.15) is 0 Å². The van der Waals surface area contributed by atoms with Gasteiger partial charge in [0.1, 0.15) is 5.69 Å². The Hall–Kier alpha value is -2.92. The summed E-state index contributed by atoms with van der Waals surface area (Å²) in [6, 6.07) is 20.2. The molecule has 0 radical (unpaired) electrons. The highest BCUT2D eigenvalue weighted by atomic mass is 32.1. The number of thiophene rings is 1. The van der Waals surface area contributed by atoms with E-state index in [0.29, 0.717) is 12.2 Å². The van der Waals surface area contributed by atoms with Crippen molar-refractivity contribution in [1.82, 2.24) is 14.9 Å². The second kappa shape index (κ2) is 7.37. The predicted molar refractivity (Wildman–Crippen MR) is 110 cm³/mol. The van der Waals surface area contributed by atoms with Crippen molar-refractivity contribution in [3.8, 4) is 0 Å². The van der Waals surface area contributed by atoms with Gasteiger partial charge in [0, 0.05) is 11.1 Å². The first-order valence-corrected chi connectivity index (χ1v) is 9.79. The number of benzene rings is 1. The van der Waals surface area contributed by atoms with Crippen molar-refractivity contribution in [3.63, 3.8) is 0 Å². The molecular weight excluding hydrogens is 354 g/mol. The van der Waals surface area contributed by atoms with Crippen LogP contribution in [0, 0.1) is 6.92 Å². The Morgan fingerprint density at radius 2 is 1.93 bits per heavy atom. The van der Waals surface area contributed by atoms with Gasteiger partial charge in [-0.25, -0.2) is 0 Å². The average molecular weight is 375 g/mol. The van der Waals surface area contributed by atoms with Gasteiger partial charge < -0.3 is 9.88 Å². The molecule has 0 aliphatic rings. The number of carbonyl (C=O) groups is 1. The van der Waals surface area contributed by atoms with Crippen LogP contribution in [-0.2, 0) is 6.54 Å². The maximum absolute atomic E-state index is 13.0. The molecule has 4 aromatic rings. The number of carbonyl (C=O) groups excluding carboxylic acids is 1. The van der Waals surface area contributed by atoms with E-state index in [4.69, 9.17) is 0 Å². The van der Waals surface area contributed by atoms with E-state index in [1.54, 1.807) is 17.5 Å². The lowest BCUT2D eigenvalue weighted by molar-refractivity contribution is 0.0940. The third-order valence-corrected chi connectivity index (χ3v) is 5.70. The Balaban J connectivity index is 1.69. The third kappa shape index (κ3) is 3.51. The van der Waals surface area contributed by atoms with Gasteiger partial charge >= 0.3 is 0 Å². The average Bonchev–Trinajstić information content (AvgIpc) is 3.23. The maximum atomic E-state index is 13.0. The fraction of sp³-hybridized carbons (Fsp3) is 0.182. The van der Waals surface area contributed by atoms with Gasteiger partial charge in [0.25, 0.3) is 5.91 Å². The van der Waals surface area contributed by atoms with E-state index >= 15 is 0 Å². The summed E-state index contributed by atoms with van der Waals surface area (Å²) in [5.41, 5.74) is 3.82. The zero-order valence-corrected chi connectivity index (χ0v) is 16.2. The topological polar surface area (TPSA) is 46.9 Å². The summed E-state index contributed by atoms with van der Waals surface area (Å²) in [4.78, 5) is 18.5. The van der Waals surface area contributed by atoms with Gasteiger partial charge in [-0.15, -0.1) is 11.3 Å². The summed E-state index contributed by atoms with van der Waals surface area (Å²) in [5, 5.41) is 3.01. The minimum absolute atomic E-state index is 0.0632. The summed E-state index contributed by atoms with van der Waals surface area (Å²) in [7, 11) is 0. The molecular formula is C22H21N3OS. The largest absolute Gasteiger partial charge is 0.345 e. The number of hydrogen-bond acceptors (Lipinski definition) is 3. The Labute approximate surface area is 162 Å². The van der Waals surface area contributed by atoms with Gasteiger partial charge in [0.05, 0.1) is 28.5 Å². The number of nitrogens with one attached hydrogen (secondary N) is 1. The van der Waals surface area contributed by atoms with Crippen molar-refractivity contribution >= 4 is 27.5 Å². The van der Waals surface area contributed by atoms with E-state index in [2.05, 4.69) is 46.9 Å². The van der Waals surface area contributed by atoms with Gasteiger partial charge in [-0.3, -0.25) is 9.78 Å². The summed E-state index contributed by atoms with van der Waals surface area (Å²) in [5.74, 6) is -0.0792. The van der Waals surface area contributed by atoms with Gasteiger partial charge in [0.15, 0.2) is 0 Å². The molecule has 5 heteroatoms. The molecule has 136 valence electrons. The lowest BCUT2D eigenvalue weighted by Gasteiger charge is -2.19. The quantitative estimate of drug-likeness (QED) is 0.537. The van der Waals surface area contributed by atoms with Crippen molar-refractivity contribution in [2.75, 3.05) is 0 Å². The van der Waals surface area contributed by atoms with E-state index in [0.717, 1.165) is 15.9 Å². The van der Waals surface area contributed by atoms with Crippen LogP contribution in [0.15, 0.2) is 66.9 Å². The molecule has 1 amide bonds. The Morgan fingerprint density at radius 3 is 2.67 bits per heavy atom. The molecule has 0 fully saturated rings. The van der Waals surface area contributed by atoms with Crippen LogP contribution in [0.25, 0.3) is 10.2 Å². The summed E-state index contributed by atoms with van der Waals surface area (Å²) >= 11 is 1.72. The molecule has 27 heavy (non-hydrogen) atoms. The number of pyridine rings is 1. The minimum Gasteiger partial charge on any atom is -0.345 e. The molecule has 1 N–H and O–H groups in total.